The zero-order chi connectivity index (χ0) is 16.2. The molecule has 0 aliphatic carbocycles. The van der Waals surface area contributed by atoms with E-state index in [0.29, 0.717) is 24.7 Å². The molecule has 7 nitrogen and oxygen atoms in total. The Labute approximate surface area is 136 Å². The summed E-state index contributed by atoms with van der Waals surface area (Å²) in [6.07, 6.45) is 2.99. The molecule has 23 heavy (non-hydrogen) atoms. The number of piperazine rings is 1. The molecule has 0 bridgehead atoms. The SMILES string of the molecule is CC1CCN(C(=O)c2ccc(N3CCN(C=O)CC3)nn2)CC1. The van der Waals surface area contributed by atoms with Gasteiger partial charge < -0.3 is 14.7 Å². The zero-order valence-corrected chi connectivity index (χ0v) is 13.5. The van der Waals surface area contributed by atoms with Crippen LogP contribution in [0.3, 0.4) is 0 Å². The summed E-state index contributed by atoms with van der Waals surface area (Å²) in [4.78, 5) is 28.9. The van der Waals surface area contributed by atoms with E-state index in [0.717, 1.165) is 51.2 Å². The quantitative estimate of drug-likeness (QED) is 0.765. The summed E-state index contributed by atoms with van der Waals surface area (Å²) in [6, 6.07) is 3.61. The van der Waals surface area contributed by atoms with E-state index < -0.39 is 0 Å². The topological polar surface area (TPSA) is 69.6 Å². The van der Waals surface area contributed by atoms with Gasteiger partial charge in [0.1, 0.15) is 0 Å². The van der Waals surface area contributed by atoms with E-state index >= 15 is 0 Å². The molecular weight excluding hydrogens is 294 g/mol. The molecule has 0 N–H and O–H groups in total. The molecule has 3 rings (SSSR count). The van der Waals surface area contributed by atoms with Crippen LogP contribution in [0.2, 0.25) is 0 Å². The molecule has 1 aromatic rings. The standard InChI is InChI=1S/C16H23N5O2/c1-13-4-6-21(7-5-13)16(23)14-2-3-15(18-17-14)20-10-8-19(12-22)9-11-20/h2-3,12-13H,4-11H2,1H3. The molecule has 7 heteroatoms. The van der Waals surface area contributed by atoms with Crippen LogP contribution in [0.25, 0.3) is 0 Å². The molecule has 0 unspecified atom stereocenters. The molecule has 1 aromatic heterocycles. The Morgan fingerprint density at radius 1 is 1.09 bits per heavy atom. The van der Waals surface area contributed by atoms with Gasteiger partial charge in [0.25, 0.3) is 5.91 Å². The molecule has 2 aliphatic rings. The van der Waals surface area contributed by atoms with E-state index in [-0.39, 0.29) is 5.91 Å². The van der Waals surface area contributed by atoms with Crippen molar-refractivity contribution in [2.45, 2.75) is 19.8 Å². The van der Waals surface area contributed by atoms with Crippen molar-refractivity contribution in [2.24, 2.45) is 5.92 Å². The van der Waals surface area contributed by atoms with Crippen LogP contribution in [0.15, 0.2) is 12.1 Å². The molecule has 2 fully saturated rings. The van der Waals surface area contributed by atoms with Crippen molar-refractivity contribution >= 4 is 18.1 Å². The van der Waals surface area contributed by atoms with Gasteiger partial charge in [-0.3, -0.25) is 9.59 Å². The number of aromatic nitrogens is 2. The summed E-state index contributed by atoms with van der Waals surface area (Å²) < 4.78 is 0. The lowest BCUT2D eigenvalue weighted by atomic mass is 9.99. The Bertz CT molecular complexity index is 546. The molecule has 0 aromatic carbocycles. The van der Waals surface area contributed by atoms with Crippen LogP contribution in [-0.4, -0.2) is 71.6 Å². The summed E-state index contributed by atoms with van der Waals surface area (Å²) in [5.74, 6) is 1.43. The van der Waals surface area contributed by atoms with Crippen molar-refractivity contribution in [2.75, 3.05) is 44.2 Å². The normalized spacial score (nSPS) is 19.8. The Hall–Kier alpha value is -2.18. The van der Waals surface area contributed by atoms with E-state index in [4.69, 9.17) is 0 Å². The van der Waals surface area contributed by atoms with Crippen molar-refractivity contribution in [3.05, 3.63) is 17.8 Å². The average Bonchev–Trinajstić information content (AvgIpc) is 2.62. The van der Waals surface area contributed by atoms with Crippen LogP contribution >= 0.6 is 0 Å². The number of nitrogens with zero attached hydrogens (tertiary/aromatic N) is 5. The first-order valence-electron chi connectivity index (χ1n) is 8.24. The maximum absolute atomic E-state index is 12.4. The van der Waals surface area contributed by atoms with Gasteiger partial charge in [0.2, 0.25) is 6.41 Å². The summed E-state index contributed by atoms with van der Waals surface area (Å²) in [5.41, 5.74) is 0.412. The zero-order valence-electron chi connectivity index (χ0n) is 13.5. The Morgan fingerprint density at radius 3 is 2.35 bits per heavy atom. The first-order chi connectivity index (χ1) is 11.2. The molecule has 3 heterocycles. The predicted octanol–water partition coefficient (Wildman–Crippen LogP) is 0.627. The number of carbonyl (C=O) groups excluding carboxylic acids is 2. The van der Waals surface area contributed by atoms with E-state index in [1.54, 1.807) is 11.0 Å². The summed E-state index contributed by atoms with van der Waals surface area (Å²) in [6.45, 7) is 6.69. The highest BCUT2D eigenvalue weighted by atomic mass is 16.2. The fourth-order valence-electron chi connectivity index (χ4n) is 3.04. The van der Waals surface area contributed by atoms with Gasteiger partial charge in [-0.1, -0.05) is 6.92 Å². The number of hydrogen-bond donors (Lipinski definition) is 0. The van der Waals surface area contributed by atoms with Crippen LogP contribution in [0, 0.1) is 5.92 Å². The summed E-state index contributed by atoms with van der Waals surface area (Å²) in [5, 5.41) is 8.33. The van der Waals surface area contributed by atoms with Gasteiger partial charge in [0.15, 0.2) is 11.5 Å². The molecule has 0 saturated carbocycles. The van der Waals surface area contributed by atoms with Gasteiger partial charge in [-0.05, 0) is 30.9 Å². The molecule has 2 amide bonds. The van der Waals surface area contributed by atoms with Crippen molar-refractivity contribution in [1.82, 2.24) is 20.0 Å². The number of rotatable bonds is 3. The van der Waals surface area contributed by atoms with Crippen molar-refractivity contribution in [1.29, 1.82) is 0 Å². The highest BCUT2D eigenvalue weighted by molar-refractivity contribution is 5.92. The molecule has 0 spiro atoms. The Balaban J connectivity index is 1.61. The van der Waals surface area contributed by atoms with E-state index in [9.17, 15) is 9.59 Å². The van der Waals surface area contributed by atoms with Gasteiger partial charge in [0, 0.05) is 39.3 Å². The smallest absolute Gasteiger partial charge is 0.274 e. The van der Waals surface area contributed by atoms with Crippen molar-refractivity contribution in [3.63, 3.8) is 0 Å². The third kappa shape index (κ3) is 3.60. The number of hydrogen-bond acceptors (Lipinski definition) is 5. The number of anilines is 1. The third-order valence-corrected chi connectivity index (χ3v) is 4.73. The second-order valence-corrected chi connectivity index (χ2v) is 6.38. The molecular formula is C16H23N5O2. The average molecular weight is 317 g/mol. The number of likely N-dealkylation sites (tertiary alicyclic amines) is 1. The first-order valence-corrected chi connectivity index (χ1v) is 8.24. The van der Waals surface area contributed by atoms with Crippen LogP contribution in [-0.2, 0) is 4.79 Å². The van der Waals surface area contributed by atoms with E-state index in [1.165, 1.54) is 0 Å². The third-order valence-electron chi connectivity index (χ3n) is 4.73. The lowest BCUT2D eigenvalue weighted by Gasteiger charge is -2.33. The maximum atomic E-state index is 12.4. The van der Waals surface area contributed by atoms with Crippen LogP contribution in [0.5, 0.6) is 0 Å². The number of carbonyl (C=O) groups is 2. The first kappa shape index (κ1) is 15.7. The highest BCUT2D eigenvalue weighted by Crippen LogP contribution is 2.18. The summed E-state index contributed by atoms with van der Waals surface area (Å²) >= 11 is 0. The highest BCUT2D eigenvalue weighted by Gasteiger charge is 2.23. The van der Waals surface area contributed by atoms with Crippen molar-refractivity contribution < 1.29 is 9.59 Å². The minimum absolute atomic E-state index is 0.0262. The lowest BCUT2D eigenvalue weighted by Crippen LogP contribution is -2.46. The number of piperidine rings is 1. The van der Waals surface area contributed by atoms with Gasteiger partial charge in [0.05, 0.1) is 0 Å². The Morgan fingerprint density at radius 2 is 1.78 bits per heavy atom. The molecule has 2 saturated heterocycles. The summed E-state index contributed by atoms with van der Waals surface area (Å²) in [7, 11) is 0. The van der Waals surface area contributed by atoms with Crippen LogP contribution < -0.4 is 4.90 Å². The molecule has 0 radical (unpaired) electrons. The molecule has 0 atom stereocenters. The maximum Gasteiger partial charge on any atom is 0.274 e. The van der Waals surface area contributed by atoms with Crippen LogP contribution in [0.1, 0.15) is 30.3 Å². The van der Waals surface area contributed by atoms with Gasteiger partial charge in [-0.15, -0.1) is 10.2 Å². The fourth-order valence-corrected chi connectivity index (χ4v) is 3.04. The minimum Gasteiger partial charge on any atom is -0.352 e. The minimum atomic E-state index is -0.0262. The number of amides is 2. The Kier molecular flexibility index (Phi) is 4.73. The van der Waals surface area contributed by atoms with E-state index in [2.05, 4.69) is 22.0 Å². The lowest BCUT2D eigenvalue weighted by molar-refractivity contribution is -0.118. The van der Waals surface area contributed by atoms with Gasteiger partial charge >= 0.3 is 0 Å². The molecule has 2 aliphatic heterocycles. The second kappa shape index (κ2) is 6.93. The fraction of sp³-hybridized carbons (Fsp3) is 0.625. The largest absolute Gasteiger partial charge is 0.352 e. The monoisotopic (exact) mass is 317 g/mol. The predicted molar refractivity (Wildman–Crippen MR) is 86.2 cm³/mol. The van der Waals surface area contributed by atoms with Crippen LogP contribution in [0.4, 0.5) is 5.82 Å². The van der Waals surface area contributed by atoms with Gasteiger partial charge in [-0.25, -0.2) is 0 Å². The van der Waals surface area contributed by atoms with E-state index in [1.807, 2.05) is 11.0 Å². The molecule has 124 valence electrons. The van der Waals surface area contributed by atoms with Crippen molar-refractivity contribution in [3.8, 4) is 0 Å². The van der Waals surface area contributed by atoms with Gasteiger partial charge in [-0.2, -0.15) is 0 Å². The second-order valence-electron chi connectivity index (χ2n) is 6.38.